The zero-order chi connectivity index (χ0) is 24.5. The highest BCUT2D eigenvalue weighted by Crippen LogP contribution is 2.22. The van der Waals surface area contributed by atoms with Gasteiger partial charge in [-0.05, 0) is 33.4 Å². The first kappa shape index (κ1) is 29.8. The summed E-state index contributed by atoms with van der Waals surface area (Å²) in [6.07, 6.45) is 5.17. The van der Waals surface area contributed by atoms with E-state index in [9.17, 15) is 0 Å². The second kappa shape index (κ2) is 17.3. The maximum absolute atomic E-state index is 8.06. The van der Waals surface area contributed by atoms with Gasteiger partial charge in [-0.3, -0.25) is 0 Å². The fourth-order valence-electron chi connectivity index (χ4n) is 2.84. The molecule has 0 amide bonds. The van der Waals surface area contributed by atoms with Crippen molar-refractivity contribution in [2.75, 3.05) is 26.7 Å². The Kier molecular flexibility index (Phi) is 16.1. The molecule has 0 radical (unpaired) electrons. The van der Waals surface area contributed by atoms with Gasteiger partial charge in [0, 0.05) is 50.2 Å². The molecule has 182 valence electrons. The molecule has 1 fully saturated rings. The van der Waals surface area contributed by atoms with Crippen molar-refractivity contribution >= 4 is 6.20 Å². The van der Waals surface area contributed by atoms with E-state index in [0.29, 0.717) is 19.2 Å². The van der Waals surface area contributed by atoms with E-state index >= 15 is 0 Å². The molecule has 2 heterocycles. The van der Waals surface area contributed by atoms with Gasteiger partial charge < -0.3 is 36.5 Å². The van der Waals surface area contributed by atoms with Gasteiger partial charge in [0.05, 0.1) is 30.4 Å². The molecule has 0 bridgehead atoms. The van der Waals surface area contributed by atoms with Crippen molar-refractivity contribution in [3.63, 3.8) is 0 Å². The van der Waals surface area contributed by atoms with E-state index in [4.69, 9.17) is 27.0 Å². The maximum atomic E-state index is 8.06. The van der Waals surface area contributed by atoms with Crippen molar-refractivity contribution in [1.82, 2.24) is 14.5 Å². The van der Waals surface area contributed by atoms with Crippen molar-refractivity contribution in [2.24, 2.45) is 17.2 Å². The minimum atomic E-state index is -0.167. The summed E-state index contributed by atoms with van der Waals surface area (Å²) < 4.78 is 7.13. The van der Waals surface area contributed by atoms with Gasteiger partial charge in [0.2, 0.25) is 0 Å². The summed E-state index contributed by atoms with van der Waals surface area (Å²) in [5.74, 6) is 0. The summed E-state index contributed by atoms with van der Waals surface area (Å²) in [6.45, 7) is 13.6. The Morgan fingerprint density at radius 2 is 1.78 bits per heavy atom. The lowest BCUT2D eigenvalue weighted by atomic mass is 10.1. The maximum Gasteiger partial charge on any atom is 0.0998 e. The number of benzene rings is 1. The van der Waals surface area contributed by atoms with Crippen LogP contribution in [0.15, 0.2) is 36.8 Å². The Bertz CT molecular complexity index is 733. The van der Waals surface area contributed by atoms with Gasteiger partial charge >= 0.3 is 0 Å². The SMILES string of the molecule is CC.CC(C)O.C[C@H]1CN(C)CCO1.N/C=C\n1cnc(-c2ccc(CN)cc2)c1CN. The van der Waals surface area contributed by atoms with Crippen LogP contribution in [0, 0.1) is 0 Å². The number of imidazole rings is 1. The lowest BCUT2D eigenvalue weighted by Crippen LogP contribution is -2.38. The van der Waals surface area contributed by atoms with Crippen molar-refractivity contribution in [3.05, 3.63) is 48.1 Å². The van der Waals surface area contributed by atoms with E-state index in [1.54, 1.807) is 26.4 Å². The molecule has 1 aromatic heterocycles. The number of likely N-dealkylation sites (N-methyl/N-ethyl adjacent to an activating group) is 1. The van der Waals surface area contributed by atoms with Crippen LogP contribution < -0.4 is 17.2 Å². The molecular formula is C24H44N6O2. The number of hydrogen-bond acceptors (Lipinski definition) is 7. The van der Waals surface area contributed by atoms with Crippen molar-refractivity contribution < 1.29 is 9.84 Å². The van der Waals surface area contributed by atoms with Gasteiger partial charge in [0.1, 0.15) is 0 Å². The molecule has 1 aliphatic heterocycles. The summed E-state index contributed by atoms with van der Waals surface area (Å²) in [6, 6.07) is 7.99. The van der Waals surface area contributed by atoms with Crippen molar-refractivity contribution in [2.45, 2.75) is 59.9 Å². The molecule has 7 N–H and O–H groups in total. The summed E-state index contributed by atoms with van der Waals surface area (Å²) in [5.41, 5.74) is 20.6. The van der Waals surface area contributed by atoms with Crippen molar-refractivity contribution in [3.8, 4) is 11.3 Å². The Morgan fingerprint density at radius 1 is 1.19 bits per heavy atom. The van der Waals surface area contributed by atoms with E-state index in [0.717, 1.165) is 42.2 Å². The molecular weight excluding hydrogens is 404 g/mol. The van der Waals surface area contributed by atoms with E-state index in [2.05, 4.69) is 23.9 Å². The first-order chi connectivity index (χ1) is 15.3. The fraction of sp³-hybridized carbons (Fsp3) is 0.542. The molecule has 8 nitrogen and oxygen atoms in total. The minimum Gasteiger partial charge on any atom is -0.403 e. The second-order valence-corrected chi connectivity index (χ2v) is 7.43. The largest absolute Gasteiger partial charge is 0.403 e. The third-order valence-corrected chi connectivity index (χ3v) is 4.24. The first-order valence-electron chi connectivity index (χ1n) is 11.2. The highest BCUT2D eigenvalue weighted by atomic mass is 16.5. The third kappa shape index (κ3) is 11.4. The standard InChI is InChI=1S/C13H17N5.C6H13NO.C3H8O.C2H6/c14-5-6-18-9-17-13(12(18)8-16)11-3-1-10(7-15)2-4-11;1-6-5-7(2)3-4-8-6;1-3(2)4;1-2/h1-6,9H,7-8,14-16H2;6H,3-5H2,1-2H3;3-4H,1-2H3;1-2H3/b6-5-;;;/t;6-;;/m.0../s1. The molecule has 3 rings (SSSR count). The van der Waals surface area contributed by atoms with Gasteiger partial charge in [0.15, 0.2) is 0 Å². The molecule has 0 aliphatic carbocycles. The molecule has 0 saturated carbocycles. The van der Waals surface area contributed by atoms with E-state index in [-0.39, 0.29) is 6.10 Å². The molecule has 1 aromatic carbocycles. The van der Waals surface area contributed by atoms with Crippen LogP contribution in [0.5, 0.6) is 0 Å². The normalized spacial score (nSPS) is 15.9. The summed E-state index contributed by atoms with van der Waals surface area (Å²) in [5, 5.41) is 8.06. The average molecular weight is 449 g/mol. The van der Waals surface area contributed by atoms with Crippen molar-refractivity contribution in [1.29, 1.82) is 0 Å². The average Bonchev–Trinajstić information content (AvgIpc) is 3.18. The molecule has 1 aliphatic rings. The Hall–Kier alpha value is -2.23. The number of rotatable bonds is 4. The number of aliphatic hydroxyl groups is 1. The molecule has 1 atom stereocenters. The summed E-state index contributed by atoms with van der Waals surface area (Å²) >= 11 is 0. The number of nitrogens with two attached hydrogens (primary N) is 3. The topological polar surface area (TPSA) is 129 Å². The van der Waals surface area contributed by atoms with Crippen LogP contribution in [0.1, 0.15) is 45.9 Å². The fourth-order valence-corrected chi connectivity index (χ4v) is 2.84. The zero-order valence-corrected chi connectivity index (χ0v) is 20.7. The molecule has 0 unspecified atom stereocenters. The van der Waals surface area contributed by atoms with Crippen LogP contribution in [0.2, 0.25) is 0 Å². The predicted octanol–water partition coefficient (Wildman–Crippen LogP) is 2.60. The number of ether oxygens (including phenoxy) is 1. The second-order valence-electron chi connectivity index (χ2n) is 7.43. The molecule has 32 heavy (non-hydrogen) atoms. The molecule has 2 aromatic rings. The van der Waals surface area contributed by atoms with Crippen LogP contribution in [0.25, 0.3) is 17.5 Å². The van der Waals surface area contributed by atoms with Gasteiger partial charge in [-0.25, -0.2) is 4.98 Å². The van der Waals surface area contributed by atoms with Gasteiger partial charge in [-0.15, -0.1) is 0 Å². The highest BCUT2D eigenvalue weighted by molar-refractivity contribution is 5.63. The van der Waals surface area contributed by atoms with E-state index < -0.39 is 0 Å². The number of aromatic nitrogens is 2. The number of nitrogens with zero attached hydrogens (tertiary/aromatic N) is 3. The van der Waals surface area contributed by atoms with E-state index in [1.165, 1.54) is 6.20 Å². The zero-order valence-electron chi connectivity index (χ0n) is 20.7. The molecule has 0 spiro atoms. The lowest BCUT2D eigenvalue weighted by molar-refractivity contribution is -0.00861. The first-order valence-corrected chi connectivity index (χ1v) is 11.2. The van der Waals surface area contributed by atoms with Crippen LogP contribution in [0.4, 0.5) is 0 Å². The van der Waals surface area contributed by atoms with Gasteiger partial charge in [0.25, 0.3) is 0 Å². The van der Waals surface area contributed by atoms with E-state index in [1.807, 2.05) is 42.7 Å². The minimum absolute atomic E-state index is 0.167. The van der Waals surface area contributed by atoms with Gasteiger partial charge in [-0.2, -0.15) is 0 Å². The molecule has 8 heteroatoms. The monoisotopic (exact) mass is 448 g/mol. The summed E-state index contributed by atoms with van der Waals surface area (Å²) in [7, 11) is 2.12. The highest BCUT2D eigenvalue weighted by Gasteiger charge is 2.11. The Morgan fingerprint density at radius 3 is 2.19 bits per heavy atom. The lowest BCUT2D eigenvalue weighted by Gasteiger charge is -2.27. The Balaban J connectivity index is 0.000000568. The van der Waals surface area contributed by atoms with Crippen LogP contribution in [-0.2, 0) is 17.8 Å². The number of hydrogen-bond donors (Lipinski definition) is 4. The van der Waals surface area contributed by atoms with Crippen LogP contribution in [-0.4, -0.2) is 58.5 Å². The Labute approximate surface area is 194 Å². The molecule has 1 saturated heterocycles. The van der Waals surface area contributed by atoms with Crippen LogP contribution >= 0.6 is 0 Å². The summed E-state index contributed by atoms with van der Waals surface area (Å²) in [4.78, 5) is 6.66. The quantitative estimate of drug-likeness (QED) is 0.566. The van der Waals surface area contributed by atoms with Gasteiger partial charge in [-0.1, -0.05) is 38.1 Å². The number of aliphatic hydroxyl groups excluding tert-OH is 1. The third-order valence-electron chi connectivity index (χ3n) is 4.24. The predicted molar refractivity (Wildman–Crippen MR) is 135 cm³/mol. The number of morpholine rings is 1. The smallest absolute Gasteiger partial charge is 0.0998 e. The van der Waals surface area contributed by atoms with Crippen LogP contribution in [0.3, 0.4) is 0 Å².